The van der Waals surface area contributed by atoms with Gasteiger partial charge in [-0.25, -0.2) is 19.2 Å². The van der Waals surface area contributed by atoms with Crippen molar-refractivity contribution in [2.75, 3.05) is 39.8 Å². The van der Waals surface area contributed by atoms with Gasteiger partial charge in [-0.2, -0.15) is 0 Å². The Morgan fingerprint density at radius 3 is 0.691 bits per heavy atom. The Bertz CT molecular complexity index is 1190. The van der Waals surface area contributed by atoms with Gasteiger partial charge in [-0.1, -0.05) is 195 Å². The molecule has 396 valence electrons. The van der Waals surface area contributed by atoms with Crippen molar-refractivity contribution in [3.8, 4) is 0 Å². The number of nitrogens with zero attached hydrogens (tertiary/aromatic N) is 4. The molecule has 0 aromatic rings. The Morgan fingerprint density at radius 1 is 0.294 bits per heavy atom. The van der Waals surface area contributed by atoms with Crippen LogP contribution in [0.3, 0.4) is 0 Å². The van der Waals surface area contributed by atoms with Crippen molar-refractivity contribution in [1.82, 2.24) is 19.6 Å². The summed E-state index contributed by atoms with van der Waals surface area (Å²) in [5, 5.41) is 0. The van der Waals surface area contributed by atoms with Crippen molar-refractivity contribution in [3.63, 3.8) is 0 Å². The van der Waals surface area contributed by atoms with Crippen molar-refractivity contribution in [3.05, 3.63) is 0 Å². The van der Waals surface area contributed by atoms with Gasteiger partial charge < -0.3 is 18.9 Å². The summed E-state index contributed by atoms with van der Waals surface area (Å²) in [7, 11) is 0. The number of hydrogen-bond donors (Lipinski definition) is 0. The van der Waals surface area contributed by atoms with Crippen LogP contribution in [0.5, 0.6) is 0 Å². The molecule has 0 bridgehead atoms. The first-order valence-electron chi connectivity index (χ1n) is 29.1. The van der Waals surface area contributed by atoms with Crippen molar-refractivity contribution < 1.29 is 38.1 Å². The Kier molecular flexibility index (Phi) is 33.9. The molecule has 0 heterocycles. The van der Waals surface area contributed by atoms with E-state index in [9.17, 15) is 19.2 Å². The molecule has 0 spiro atoms. The monoisotopic (exact) mass is 961 g/mol. The Balaban J connectivity index is 0.000000361. The van der Waals surface area contributed by atoms with Gasteiger partial charge in [0, 0.05) is 24.2 Å². The molecule has 12 heteroatoms. The molecule has 4 amide bonds. The molecule has 0 radical (unpaired) electrons. The number of carbonyl (C=O) groups excluding carboxylic acids is 4. The van der Waals surface area contributed by atoms with E-state index in [1.54, 1.807) is 0 Å². The van der Waals surface area contributed by atoms with Gasteiger partial charge in [-0.05, 0) is 77.0 Å². The van der Waals surface area contributed by atoms with Gasteiger partial charge >= 0.3 is 24.4 Å². The molecule has 0 saturated heterocycles. The van der Waals surface area contributed by atoms with Crippen LogP contribution in [0.4, 0.5) is 19.2 Å². The molecule has 68 heavy (non-hydrogen) atoms. The lowest BCUT2D eigenvalue weighted by Crippen LogP contribution is -2.53. The summed E-state index contributed by atoms with van der Waals surface area (Å²) in [4.78, 5) is 60.3. The summed E-state index contributed by atoms with van der Waals surface area (Å²) in [5.74, 6) is 0. The zero-order valence-electron chi connectivity index (χ0n) is 44.5. The lowest BCUT2D eigenvalue weighted by Gasteiger charge is -2.40. The van der Waals surface area contributed by atoms with Gasteiger partial charge in [0.15, 0.2) is 0 Å². The van der Waals surface area contributed by atoms with Gasteiger partial charge in [0.1, 0.15) is 13.3 Å². The third-order valence-electron chi connectivity index (χ3n) is 15.0. The number of amides is 4. The smallest absolute Gasteiger partial charge is 0.411 e. The SMILES string of the molecule is CCCCCCCOC(=O)N(CN(C(=O)OCCCCCCC)C1CCCCC1)C1CCCCC1.CCCCCCOC(=O)N(CN(C(=O)OCCCCCC)C1CCCCC1)C1CCCCC1. The second-order valence-corrected chi connectivity index (χ2v) is 20.7. The molecule has 4 rings (SSSR count). The second-order valence-electron chi connectivity index (χ2n) is 20.7. The van der Waals surface area contributed by atoms with E-state index in [1.165, 1.54) is 89.9 Å². The normalized spacial score (nSPS) is 17.4. The Hall–Kier alpha value is -2.92. The highest BCUT2D eigenvalue weighted by atomic mass is 16.6. The third-order valence-corrected chi connectivity index (χ3v) is 15.0. The lowest BCUT2D eigenvalue weighted by molar-refractivity contribution is 0.0167. The van der Waals surface area contributed by atoms with E-state index < -0.39 is 0 Å². The van der Waals surface area contributed by atoms with Gasteiger partial charge in [-0.15, -0.1) is 0 Å². The van der Waals surface area contributed by atoms with Crippen LogP contribution in [0, 0.1) is 0 Å². The van der Waals surface area contributed by atoms with Crippen LogP contribution in [-0.4, -0.2) is 108 Å². The Morgan fingerprint density at radius 2 is 0.485 bits per heavy atom. The minimum absolute atomic E-state index is 0.157. The van der Waals surface area contributed by atoms with Crippen LogP contribution >= 0.6 is 0 Å². The van der Waals surface area contributed by atoms with Crippen molar-refractivity contribution >= 4 is 24.4 Å². The molecule has 0 aromatic carbocycles. The van der Waals surface area contributed by atoms with E-state index in [4.69, 9.17) is 18.9 Å². The third kappa shape index (κ3) is 24.8. The topological polar surface area (TPSA) is 118 Å². The minimum atomic E-state index is -0.255. The molecule has 0 N–H and O–H groups in total. The molecule has 4 aliphatic carbocycles. The Labute approximate surface area is 416 Å². The van der Waals surface area contributed by atoms with Gasteiger partial charge in [-0.3, -0.25) is 19.6 Å². The minimum Gasteiger partial charge on any atom is -0.449 e. The summed E-state index contributed by atoms with van der Waals surface area (Å²) < 4.78 is 22.9. The molecule has 4 fully saturated rings. The van der Waals surface area contributed by atoms with Crippen LogP contribution in [-0.2, 0) is 18.9 Å². The van der Waals surface area contributed by atoms with Gasteiger partial charge in [0.2, 0.25) is 0 Å². The van der Waals surface area contributed by atoms with Crippen LogP contribution < -0.4 is 0 Å². The first-order valence-corrected chi connectivity index (χ1v) is 29.1. The van der Waals surface area contributed by atoms with Crippen LogP contribution in [0.1, 0.15) is 272 Å². The fourth-order valence-corrected chi connectivity index (χ4v) is 10.6. The summed E-state index contributed by atoms with van der Waals surface area (Å²) in [5.41, 5.74) is 0. The number of carbonyl (C=O) groups is 4. The van der Waals surface area contributed by atoms with Crippen LogP contribution in [0.25, 0.3) is 0 Å². The number of unbranched alkanes of at least 4 members (excludes halogenated alkanes) is 14. The van der Waals surface area contributed by atoms with E-state index in [1.807, 2.05) is 19.6 Å². The van der Waals surface area contributed by atoms with Gasteiger partial charge in [0.25, 0.3) is 0 Å². The maximum absolute atomic E-state index is 13.3. The highest BCUT2D eigenvalue weighted by Crippen LogP contribution is 2.30. The summed E-state index contributed by atoms with van der Waals surface area (Å²) in [6.07, 6.45) is 40.9. The summed E-state index contributed by atoms with van der Waals surface area (Å²) >= 11 is 0. The number of ether oxygens (including phenoxy) is 4. The summed E-state index contributed by atoms with van der Waals surface area (Å²) in [6.45, 7) is 11.2. The first kappa shape index (κ1) is 59.4. The van der Waals surface area contributed by atoms with Crippen LogP contribution in [0.2, 0.25) is 0 Å². The van der Waals surface area contributed by atoms with Crippen molar-refractivity contribution in [2.24, 2.45) is 0 Å². The average Bonchev–Trinajstić information content (AvgIpc) is 3.37. The molecule has 0 aromatic heterocycles. The average molecular weight is 961 g/mol. The van der Waals surface area contributed by atoms with Gasteiger partial charge in [0.05, 0.1) is 26.4 Å². The fourth-order valence-electron chi connectivity index (χ4n) is 10.6. The predicted octanol–water partition coefficient (Wildman–Crippen LogP) is 16.1. The molecule has 0 aliphatic heterocycles. The molecule has 12 nitrogen and oxygen atoms in total. The van der Waals surface area contributed by atoms with Crippen LogP contribution in [0.15, 0.2) is 0 Å². The highest BCUT2D eigenvalue weighted by molar-refractivity contribution is 5.72. The lowest BCUT2D eigenvalue weighted by atomic mass is 9.93. The predicted molar refractivity (Wildman–Crippen MR) is 276 cm³/mol. The zero-order chi connectivity index (χ0) is 48.9. The van der Waals surface area contributed by atoms with E-state index in [0.717, 1.165) is 154 Å². The number of hydrogen-bond acceptors (Lipinski definition) is 8. The number of rotatable bonds is 30. The second kappa shape index (κ2) is 38.8. The molecule has 4 saturated carbocycles. The fraction of sp³-hybridized carbons (Fsp3) is 0.929. The summed E-state index contributed by atoms with van der Waals surface area (Å²) in [6, 6.07) is 0.629. The maximum atomic E-state index is 13.3. The highest BCUT2D eigenvalue weighted by Gasteiger charge is 2.36. The molecule has 0 atom stereocenters. The zero-order valence-corrected chi connectivity index (χ0v) is 44.5. The molecule has 4 aliphatic rings. The quantitative estimate of drug-likeness (QED) is 0.0397. The van der Waals surface area contributed by atoms with Crippen molar-refractivity contribution in [1.29, 1.82) is 0 Å². The first-order chi connectivity index (χ1) is 33.3. The molecule has 0 unspecified atom stereocenters. The standard InChI is InChI=1S/C29H54N2O4.C27H50N2O4/c1-3-5-7-9-17-23-34-28(32)30(26-19-13-11-14-20-26)25-31(27-21-15-12-16-22-27)29(33)35-24-18-10-8-6-4-2;1-3-5-7-15-21-32-26(30)28(24-17-11-9-12-18-24)23-29(25-19-13-10-14-20-25)27(31)33-22-16-8-6-4-2/h26-27H,3-25H2,1-2H3;24-25H,3-23H2,1-2H3. The maximum Gasteiger partial charge on any atom is 0.411 e. The van der Waals surface area contributed by atoms with E-state index >= 15 is 0 Å². The van der Waals surface area contributed by atoms with Crippen molar-refractivity contribution in [2.45, 2.75) is 296 Å². The van der Waals surface area contributed by atoms with E-state index in [-0.39, 0.29) is 48.5 Å². The molecular weight excluding hydrogens is 857 g/mol. The largest absolute Gasteiger partial charge is 0.449 e. The van der Waals surface area contributed by atoms with E-state index in [2.05, 4.69) is 27.7 Å². The molecular formula is C56H104N4O8. The van der Waals surface area contributed by atoms with E-state index in [0.29, 0.717) is 39.8 Å².